The highest BCUT2D eigenvalue weighted by molar-refractivity contribution is 6.35. The van der Waals surface area contributed by atoms with Gasteiger partial charge in [-0.3, -0.25) is 20.4 Å². The minimum atomic E-state index is -0.391. The molecule has 0 heterocycles. The maximum atomic E-state index is 12.0. The Morgan fingerprint density at radius 2 is 1.57 bits per heavy atom. The number of halogens is 3. The summed E-state index contributed by atoms with van der Waals surface area (Å²) < 4.78 is 10.7. The maximum Gasteiger partial charge on any atom is 0.242 e. The second kappa shape index (κ2) is 11.0. The molecule has 2 aromatic rings. The van der Waals surface area contributed by atoms with Crippen molar-refractivity contribution in [2.45, 2.75) is 19.3 Å². The average molecular weight is 446 g/mol. The largest absolute Gasteiger partial charge is 0.496 e. The SMILES string of the molecule is COc1ccc(Cl)cc1CC(=O)NNC(=O)CCCOc1ccc(Cl)cc1Cl. The van der Waals surface area contributed by atoms with Crippen LogP contribution in [0.3, 0.4) is 0 Å². The quantitative estimate of drug-likeness (QED) is 0.471. The van der Waals surface area contributed by atoms with Gasteiger partial charge < -0.3 is 9.47 Å². The zero-order chi connectivity index (χ0) is 20.5. The third-order valence-corrected chi connectivity index (χ3v) is 4.40. The van der Waals surface area contributed by atoms with Crippen molar-refractivity contribution < 1.29 is 19.1 Å². The van der Waals surface area contributed by atoms with E-state index < -0.39 is 5.91 Å². The number of hydrogen-bond acceptors (Lipinski definition) is 4. The van der Waals surface area contributed by atoms with E-state index in [0.717, 1.165) is 0 Å². The number of carbonyl (C=O) groups excluding carboxylic acids is 2. The van der Waals surface area contributed by atoms with Crippen molar-refractivity contribution in [3.05, 3.63) is 57.0 Å². The number of benzene rings is 2. The Balaban J connectivity index is 1.69. The van der Waals surface area contributed by atoms with Crippen LogP contribution in [0.25, 0.3) is 0 Å². The number of amides is 2. The van der Waals surface area contributed by atoms with Crippen LogP contribution in [0.1, 0.15) is 18.4 Å². The molecule has 0 saturated heterocycles. The fraction of sp³-hybridized carbons (Fsp3) is 0.263. The van der Waals surface area contributed by atoms with Crippen LogP contribution in [-0.2, 0) is 16.0 Å². The molecule has 0 aliphatic rings. The fourth-order valence-corrected chi connectivity index (χ4v) is 2.97. The first-order valence-electron chi connectivity index (χ1n) is 8.37. The van der Waals surface area contributed by atoms with E-state index in [0.29, 0.717) is 45.2 Å². The molecule has 0 aliphatic heterocycles. The summed E-state index contributed by atoms with van der Waals surface area (Å²) in [4.78, 5) is 23.8. The summed E-state index contributed by atoms with van der Waals surface area (Å²) in [7, 11) is 1.51. The van der Waals surface area contributed by atoms with Gasteiger partial charge in [-0.05, 0) is 42.8 Å². The van der Waals surface area contributed by atoms with E-state index >= 15 is 0 Å². The second-order valence-corrected chi connectivity index (χ2v) is 7.04. The molecule has 0 atom stereocenters. The zero-order valence-electron chi connectivity index (χ0n) is 15.1. The summed E-state index contributed by atoms with van der Waals surface area (Å²) in [5.74, 6) is 0.314. The monoisotopic (exact) mass is 444 g/mol. The van der Waals surface area contributed by atoms with Gasteiger partial charge in [-0.2, -0.15) is 0 Å². The van der Waals surface area contributed by atoms with Gasteiger partial charge in [-0.15, -0.1) is 0 Å². The van der Waals surface area contributed by atoms with Crippen molar-refractivity contribution in [2.75, 3.05) is 13.7 Å². The number of ether oxygens (including phenoxy) is 2. The Morgan fingerprint density at radius 3 is 2.25 bits per heavy atom. The molecule has 0 aliphatic carbocycles. The van der Waals surface area contributed by atoms with Crippen molar-refractivity contribution >= 4 is 46.6 Å². The van der Waals surface area contributed by atoms with E-state index in [4.69, 9.17) is 44.3 Å². The Labute approximate surface area is 178 Å². The van der Waals surface area contributed by atoms with E-state index in [2.05, 4.69) is 10.9 Å². The lowest BCUT2D eigenvalue weighted by atomic mass is 10.1. The molecule has 0 spiro atoms. The summed E-state index contributed by atoms with van der Waals surface area (Å²) in [5, 5.41) is 1.41. The first kappa shape index (κ1) is 22.1. The Kier molecular flexibility index (Phi) is 8.70. The maximum absolute atomic E-state index is 12.0. The first-order chi connectivity index (χ1) is 13.4. The van der Waals surface area contributed by atoms with Crippen LogP contribution in [0.2, 0.25) is 15.1 Å². The molecule has 0 saturated carbocycles. The lowest BCUT2D eigenvalue weighted by molar-refractivity contribution is -0.128. The second-order valence-electron chi connectivity index (χ2n) is 5.76. The van der Waals surface area contributed by atoms with Crippen molar-refractivity contribution in [3.63, 3.8) is 0 Å². The van der Waals surface area contributed by atoms with Crippen LogP contribution in [0, 0.1) is 0 Å². The summed E-state index contributed by atoms with van der Waals surface area (Å²) in [6.07, 6.45) is 0.636. The van der Waals surface area contributed by atoms with Gasteiger partial charge in [0.05, 0.1) is 25.2 Å². The van der Waals surface area contributed by atoms with Gasteiger partial charge in [0.1, 0.15) is 11.5 Å². The highest BCUT2D eigenvalue weighted by Crippen LogP contribution is 2.27. The molecule has 6 nitrogen and oxygen atoms in total. The van der Waals surface area contributed by atoms with Crippen molar-refractivity contribution in [2.24, 2.45) is 0 Å². The van der Waals surface area contributed by atoms with E-state index in [1.807, 2.05) is 0 Å². The number of rotatable bonds is 8. The molecule has 28 heavy (non-hydrogen) atoms. The van der Waals surface area contributed by atoms with Crippen LogP contribution in [0.4, 0.5) is 0 Å². The molecule has 2 N–H and O–H groups in total. The Hall–Kier alpha value is -2.15. The Bertz CT molecular complexity index is 846. The summed E-state index contributed by atoms with van der Waals surface area (Å²) in [6.45, 7) is 0.294. The minimum absolute atomic E-state index is 0.0161. The van der Waals surface area contributed by atoms with E-state index in [1.54, 1.807) is 36.4 Å². The molecule has 150 valence electrons. The standard InChI is InChI=1S/C19H19Cl3N2O4/c1-27-16-6-4-13(20)9-12(16)10-19(26)24-23-18(25)3-2-8-28-17-7-5-14(21)11-15(17)22/h4-7,9,11H,2-3,8,10H2,1H3,(H,23,25)(H,24,26). The normalized spacial score (nSPS) is 10.3. The number of methoxy groups -OCH3 is 1. The fourth-order valence-electron chi connectivity index (χ4n) is 2.31. The summed E-state index contributed by atoms with van der Waals surface area (Å²) in [5.41, 5.74) is 5.34. The topological polar surface area (TPSA) is 76.7 Å². The molecule has 9 heteroatoms. The first-order valence-corrected chi connectivity index (χ1v) is 9.50. The van der Waals surface area contributed by atoms with Crippen LogP contribution in [-0.4, -0.2) is 25.5 Å². The molecule has 0 unspecified atom stereocenters. The smallest absolute Gasteiger partial charge is 0.242 e. The molecule has 0 radical (unpaired) electrons. The zero-order valence-corrected chi connectivity index (χ0v) is 17.3. The molecule has 0 aromatic heterocycles. The van der Waals surface area contributed by atoms with Crippen LogP contribution < -0.4 is 20.3 Å². The summed E-state index contributed by atoms with van der Waals surface area (Å²) in [6, 6.07) is 9.89. The third-order valence-electron chi connectivity index (χ3n) is 3.63. The highest BCUT2D eigenvalue weighted by Gasteiger charge is 2.11. The van der Waals surface area contributed by atoms with Crippen molar-refractivity contribution in [1.29, 1.82) is 0 Å². The minimum Gasteiger partial charge on any atom is -0.496 e. The molecule has 0 bridgehead atoms. The van der Waals surface area contributed by atoms with Gasteiger partial charge in [-0.25, -0.2) is 0 Å². The Morgan fingerprint density at radius 1 is 0.929 bits per heavy atom. The van der Waals surface area contributed by atoms with Crippen LogP contribution in [0.15, 0.2) is 36.4 Å². The number of hydrazine groups is 1. The van der Waals surface area contributed by atoms with E-state index in [-0.39, 0.29) is 18.7 Å². The number of carbonyl (C=O) groups is 2. The molecule has 0 fully saturated rings. The molecular weight excluding hydrogens is 427 g/mol. The summed E-state index contributed by atoms with van der Waals surface area (Å²) >= 11 is 17.7. The lowest BCUT2D eigenvalue weighted by Gasteiger charge is -2.11. The number of nitrogens with one attached hydrogen (secondary N) is 2. The van der Waals surface area contributed by atoms with Crippen LogP contribution >= 0.6 is 34.8 Å². The predicted octanol–water partition coefficient (Wildman–Crippen LogP) is 4.20. The third kappa shape index (κ3) is 7.11. The van der Waals surface area contributed by atoms with Gasteiger partial charge in [-0.1, -0.05) is 34.8 Å². The molecule has 2 rings (SSSR count). The van der Waals surface area contributed by atoms with Crippen molar-refractivity contribution in [1.82, 2.24) is 10.9 Å². The van der Waals surface area contributed by atoms with Gasteiger partial charge in [0.25, 0.3) is 0 Å². The van der Waals surface area contributed by atoms with E-state index in [1.165, 1.54) is 7.11 Å². The van der Waals surface area contributed by atoms with Gasteiger partial charge >= 0.3 is 0 Å². The molecular formula is C19H19Cl3N2O4. The predicted molar refractivity (Wildman–Crippen MR) is 109 cm³/mol. The average Bonchev–Trinajstić information content (AvgIpc) is 2.65. The van der Waals surface area contributed by atoms with Gasteiger partial charge in [0, 0.05) is 22.0 Å². The van der Waals surface area contributed by atoms with E-state index in [9.17, 15) is 9.59 Å². The van der Waals surface area contributed by atoms with Crippen LogP contribution in [0.5, 0.6) is 11.5 Å². The van der Waals surface area contributed by atoms with Gasteiger partial charge in [0.2, 0.25) is 11.8 Å². The highest BCUT2D eigenvalue weighted by atomic mass is 35.5. The van der Waals surface area contributed by atoms with Gasteiger partial charge in [0.15, 0.2) is 0 Å². The van der Waals surface area contributed by atoms with Crippen molar-refractivity contribution in [3.8, 4) is 11.5 Å². The lowest BCUT2D eigenvalue weighted by Crippen LogP contribution is -2.42. The molecule has 2 aromatic carbocycles. The number of hydrogen-bond donors (Lipinski definition) is 2. The molecule has 2 amide bonds.